The van der Waals surface area contributed by atoms with Crippen LogP contribution in [0.5, 0.6) is 23.0 Å². The Hall–Kier alpha value is -8.37. The van der Waals surface area contributed by atoms with E-state index in [2.05, 4.69) is 70.7 Å². The quantitative estimate of drug-likeness (QED) is 0.159. The van der Waals surface area contributed by atoms with Crippen LogP contribution in [0.3, 0.4) is 0 Å². The molecule has 0 atom stereocenters. The van der Waals surface area contributed by atoms with Gasteiger partial charge in [0.1, 0.15) is 34.6 Å². The van der Waals surface area contributed by atoms with Gasteiger partial charge in [-0.25, -0.2) is 15.0 Å². The second kappa shape index (κ2) is 13.4. The standard InChI is InChI=1S/C50H32N8O2/c1-31-30-53-50(55-54-31)58-46-28-34(59-32-16-20-38-36-10-2-4-12-42(36)56(44(38)26-32)48-14-6-8-24-51-48)18-22-40(46)41-23-19-35(29-47(41)58)60-33-17-21-39-37-11-3-5-13-43(37)57(45(39)27-33)49-15-7-9-25-52-49/h2-30H,1H3/i1D3. The highest BCUT2D eigenvalue weighted by Gasteiger charge is 2.19. The Kier molecular flexibility index (Phi) is 6.84. The molecule has 0 radical (unpaired) electrons. The summed E-state index contributed by atoms with van der Waals surface area (Å²) in [6.45, 7) is -2.46. The maximum absolute atomic E-state index is 7.88. The number of aryl methyl sites for hydroxylation is 1. The lowest BCUT2D eigenvalue weighted by atomic mass is 10.1. The average Bonchev–Trinajstić information content (AvgIpc) is 3.94. The summed E-state index contributed by atoms with van der Waals surface area (Å²) in [7, 11) is 0. The lowest BCUT2D eigenvalue weighted by Crippen LogP contribution is -2.03. The van der Waals surface area contributed by atoms with Crippen LogP contribution in [0.15, 0.2) is 176 Å². The molecule has 0 fully saturated rings. The van der Waals surface area contributed by atoms with E-state index in [9.17, 15) is 0 Å². The Morgan fingerprint density at radius 2 is 0.817 bits per heavy atom. The summed E-state index contributed by atoms with van der Waals surface area (Å²) in [6, 6.07) is 52.2. The summed E-state index contributed by atoms with van der Waals surface area (Å²) in [5.41, 5.74) is 5.27. The van der Waals surface area contributed by atoms with Crippen molar-refractivity contribution in [1.29, 1.82) is 0 Å². The number of hydrogen-bond acceptors (Lipinski definition) is 7. The van der Waals surface area contributed by atoms with E-state index in [1.165, 1.54) is 6.20 Å². The first kappa shape index (κ1) is 30.7. The molecular formula is C50H32N8O2. The van der Waals surface area contributed by atoms with Gasteiger partial charge < -0.3 is 9.47 Å². The van der Waals surface area contributed by atoms with E-state index in [4.69, 9.17) is 13.6 Å². The summed E-state index contributed by atoms with van der Waals surface area (Å²) in [6.07, 6.45) is 4.83. The molecular weight excluding hydrogens is 745 g/mol. The van der Waals surface area contributed by atoms with Gasteiger partial charge in [-0.2, -0.15) is 5.10 Å². The molecule has 0 spiro atoms. The summed E-state index contributed by atoms with van der Waals surface area (Å²) in [5.74, 6) is 4.24. The van der Waals surface area contributed by atoms with E-state index in [-0.39, 0.29) is 11.6 Å². The fourth-order valence-electron chi connectivity index (χ4n) is 8.46. The predicted octanol–water partition coefficient (Wildman–Crippen LogP) is 11.8. The molecule has 0 saturated carbocycles. The minimum absolute atomic E-state index is 0.194. The highest BCUT2D eigenvalue weighted by molar-refractivity contribution is 6.11. The zero-order chi connectivity index (χ0) is 42.2. The number of fused-ring (bicyclic) bond motifs is 9. The lowest BCUT2D eigenvalue weighted by molar-refractivity contribution is 0.484. The lowest BCUT2D eigenvalue weighted by Gasteiger charge is -2.10. The van der Waals surface area contributed by atoms with E-state index < -0.39 is 6.85 Å². The van der Waals surface area contributed by atoms with Gasteiger partial charge in [-0.05, 0) is 91.8 Å². The maximum Gasteiger partial charge on any atom is 0.254 e. The second-order valence-electron chi connectivity index (χ2n) is 14.5. The first-order chi connectivity index (χ1) is 30.9. The van der Waals surface area contributed by atoms with Gasteiger partial charge in [0.15, 0.2) is 0 Å². The third-order valence-electron chi connectivity index (χ3n) is 11.0. The number of nitrogens with zero attached hydrogens (tertiary/aromatic N) is 8. The topological polar surface area (TPSA) is 97.7 Å². The fraction of sp³-hybridized carbons (Fsp3) is 0.0200. The van der Waals surface area contributed by atoms with Crippen LogP contribution in [-0.2, 0) is 0 Å². The highest BCUT2D eigenvalue weighted by atomic mass is 16.5. The number of benzene rings is 6. The minimum Gasteiger partial charge on any atom is -0.457 e. The van der Waals surface area contributed by atoms with E-state index in [0.717, 1.165) is 77.1 Å². The summed E-state index contributed by atoms with van der Waals surface area (Å²) < 4.78 is 43.0. The smallest absolute Gasteiger partial charge is 0.254 e. The van der Waals surface area contributed by atoms with Crippen LogP contribution in [0.4, 0.5) is 0 Å². The SMILES string of the molecule is [2H]C([2H])([2H])c1cnc(-n2c3cc(Oc4ccc5c6ccccc6n(-c6ccccn6)c5c4)ccc3c3ccc(Oc4ccc5c6ccccc6n(-c6ccccn6)c5c4)cc32)nn1. The summed E-state index contributed by atoms with van der Waals surface area (Å²) in [4.78, 5) is 13.9. The summed E-state index contributed by atoms with van der Waals surface area (Å²) >= 11 is 0. The molecule has 0 aliphatic carbocycles. The van der Waals surface area contributed by atoms with Crippen LogP contribution < -0.4 is 9.47 Å². The number of ether oxygens (including phenoxy) is 2. The molecule has 284 valence electrons. The normalized spacial score (nSPS) is 12.7. The first-order valence-electron chi connectivity index (χ1n) is 20.9. The first-order valence-corrected chi connectivity index (χ1v) is 19.4. The zero-order valence-electron chi connectivity index (χ0n) is 34.6. The molecule has 6 aromatic heterocycles. The van der Waals surface area contributed by atoms with Gasteiger partial charge in [0.05, 0.1) is 45.0 Å². The molecule has 10 heteroatoms. The summed E-state index contributed by atoms with van der Waals surface area (Å²) in [5, 5.41) is 14.6. The predicted molar refractivity (Wildman–Crippen MR) is 236 cm³/mol. The number of hydrogen-bond donors (Lipinski definition) is 0. The van der Waals surface area contributed by atoms with Gasteiger partial charge in [-0.3, -0.25) is 13.7 Å². The monoisotopic (exact) mass is 779 g/mol. The Labute approximate surface area is 346 Å². The fourth-order valence-corrected chi connectivity index (χ4v) is 8.46. The van der Waals surface area contributed by atoms with Crippen molar-refractivity contribution < 1.29 is 13.6 Å². The van der Waals surface area contributed by atoms with Crippen LogP contribution >= 0.6 is 0 Å². The molecule has 12 aromatic rings. The molecule has 0 N–H and O–H groups in total. The Morgan fingerprint density at radius 3 is 1.22 bits per heavy atom. The number of rotatable bonds is 7. The van der Waals surface area contributed by atoms with Gasteiger partial charge in [0.25, 0.3) is 5.95 Å². The Bertz CT molecular complexity index is 3520. The second-order valence-corrected chi connectivity index (χ2v) is 14.5. The van der Waals surface area contributed by atoms with Crippen molar-refractivity contribution in [1.82, 2.24) is 38.9 Å². The van der Waals surface area contributed by atoms with E-state index >= 15 is 0 Å². The molecule has 0 aliphatic heterocycles. The van der Waals surface area contributed by atoms with Crippen molar-refractivity contribution in [3.63, 3.8) is 0 Å². The van der Waals surface area contributed by atoms with Gasteiger partial charge in [-0.15, -0.1) is 5.10 Å². The maximum atomic E-state index is 7.88. The highest BCUT2D eigenvalue weighted by Crippen LogP contribution is 2.40. The van der Waals surface area contributed by atoms with Crippen molar-refractivity contribution in [2.75, 3.05) is 0 Å². The van der Waals surface area contributed by atoms with Crippen molar-refractivity contribution in [3.05, 3.63) is 182 Å². The van der Waals surface area contributed by atoms with Crippen LogP contribution in [0, 0.1) is 6.85 Å². The molecule has 6 heterocycles. The van der Waals surface area contributed by atoms with Crippen molar-refractivity contribution >= 4 is 65.4 Å². The van der Waals surface area contributed by atoms with Crippen LogP contribution in [0.2, 0.25) is 0 Å². The minimum atomic E-state index is -2.46. The van der Waals surface area contributed by atoms with Crippen molar-refractivity contribution in [3.8, 4) is 40.6 Å². The third-order valence-corrected chi connectivity index (χ3v) is 11.0. The van der Waals surface area contributed by atoms with Gasteiger partial charge in [0, 0.05) is 73.1 Å². The van der Waals surface area contributed by atoms with Crippen LogP contribution in [-0.4, -0.2) is 38.9 Å². The molecule has 6 aromatic carbocycles. The van der Waals surface area contributed by atoms with Crippen molar-refractivity contribution in [2.45, 2.75) is 6.85 Å². The Balaban J connectivity index is 0.972. The van der Waals surface area contributed by atoms with Crippen LogP contribution in [0.1, 0.15) is 9.81 Å². The van der Waals surface area contributed by atoms with Crippen LogP contribution in [0.25, 0.3) is 83.0 Å². The number of pyridine rings is 2. The Morgan fingerprint density at radius 1 is 0.400 bits per heavy atom. The zero-order valence-corrected chi connectivity index (χ0v) is 31.6. The van der Waals surface area contributed by atoms with Gasteiger partial charge >= 0.3 is 0 Å². The number of para-hydroxylation sites is 2. The van der Waals surface area contributed by atoms with E-state index in [0.29, 0.717) is 23.0 Å². The number of aromatic nitrogens is 8. The molecule has 0 aliphatic rings. The van der Waals surface area contributed by atoms with Crippen molar-refractivity contribution in [2.24, 2.45) is 0 Å². The largest absolute Gasteiger partial charge is 0.457 e. The molecule has 0 saturated heterocycles. The van der Waals surface area contributed by atoms with Gasteiger partial charge in [0.2, 0.25) is 0 Å². The molecule has 60 heavy (non-hydrogen) atoms. The molecule has 12 rings (SSSR count). The average molecular weight is 780 g/mol. The third kappa shape index (κ3) is 5.39. The molecule has 10 nitrogen and oxygen atoms in total. The molecule has 0 amide bonds. The van der Waals surface area contributed by atoms with E-state index in [1.807, 2.05) is 126 Å². The molecule has 0 unspecified atom stereocenters. The molecule has 0 bridgehead atoms. The van der Waals surface area contributed by atoms with Gasteiger partial charge in [-0.1, -0.05) is 48.5 Å². The van der Waals surface area contributed by atoms with E-state index in [1.54, 1.807) is 12.4 Å².